The molecule has 0 amide bonds. The van der Waals surface area contributed by atoms with Gasteiger partial charge in [0, 0.05) is 61.9 Å². The Morgan fingerprint density at radius 2 is 2.11 bits per heavy atom. The van der Waals surface area contributed by atoms with Crippen LogP contribution >= 0.6 is 10.0 Å². The third kappa shape index (κ3) is 5.40. The zero-order chi connectivity index (χ0) is 26.0. The first-order valence-corrected chi connectivity index (χ1v) is 15.8. The Morgan fingerprint density at radius 1 is 1.27 bits per heavy atom. The van der Waals surface area contributed by atoms with Gasteiger partial charge in [0.1, 0.15) is 24.2 Å². The number of nitrogens with zero attached hydrogens (tertiary/aromatic N) is 7. The minimum atomic E-state index is -0.578. The second-order valence-electron chi connectivity index (χ2n) is 11.0. The number of aromatic nitrogens is 5. The first kappa shape index (κ1) is 26.1. The van der Waals surface area contributed by atoms with Gasteiger partial charge in [0.15, 0.2) is 0 Å². The van der Waals surface area contributed by atoms with Crippen molar-refractivity contribution in [3.05, 3.63) is 31.0 Å². The molecule has 3 aromatic heterocycles. The van der Waals surface area contributed by atoms with Crippen molar-refractivity contribution >= 4 is 21.1 Å². The largest absolute Gasteiger partial charge is 0.378 e. The van der Waals surface area contributed by atoms with Crippen LogP contribution in [0.15, 0.2) is 31.0 Å². The fourth-order valence-electron chi connectivity index (χ4n) is 5.42. The van der Waals surface area contributed by atoms with E-state index in [0.717, 1.165) is 67.3 Å². The molecule has 2 atom stereocenters. The molecule has 5 heterocycles. The third-order valence-electron chi connectivity index (χ3n) is 7.53. The first-order chi connectivity index (χ1) is 17.8. The van der Waals surface area contributed by atoms with E-state index in [0.29, 0.717) is 19.2 Å². The molecule has 11 heteroatoms. The molecule has 10 nitrogen and oxygen atoms in total. The van der Waals surface area contributed by atoms with Crippen LogP contribution in [0.5, 0.6) is 0 Å². The van der Waals surface area contributed by atoms with E-state index in [1.807, 2.05) is 33.9 Å². The lowest BCUT2D eigenvalue weighted by molar-refractivity contribution is -0.0836. The maximum atomic E-state index is 9.65. The number of hydrogen-bond donors (Lipinski definition) is 1. The Labute approximate surface area is 220 Å². The predicted molar refractivity (Wildman–Crippen MR) is 147 cm³/mol. The molecular formula is C26H38N8O2S. The minimum Gasteiger partial charge on any atom is -0.378 e. The maximum Gasteiger partial charge on any atom is 0.145 e. The fraction of sp³-hybridized carbons (Fsp3) is 0.615. The Morgan fingerprint density at radius 3 is 2.86 bits per heavy atom. The number of hydrogen-bond acceptors (Lipinski definition) is 8. The predicted octanol–water partition coefficient (Wildman–Crippen LogP) is 2.26. The number of fused-ring (bicyclic) bond motifs is 1. The van der Waals surface area contributed by atoms with E-state index in [1.54, 1.807) is 13.4 Å². The lowest BCUT2D eigenvalue weighted by Crippen LogP contribution is -2.69. The van der Waals surface area contributed by atoms with Gasteiger partial charge in [-0.1, -0.05) is 0 Å². The van der Waals surface area contributed by atoms with E-state index in [-0.39, 0.29) is 11.6 Å². The molecule has 0 unspecified atom stereocenters. The summed E-state index contributed by atoms with van der Waals surface area (Å²) in [5.41, 5.74) is 2.28. The topological polar surface area (TPSA) is 106 Å². The average Bonchev–Trinajstić information content (AvgIpc) is 3.51. The summed E-state index contributed by atoms with van der Waals surface area (Å²) in [7, 11) is 1.20. The molecular weight excluding hydrogens is 488 g/mol. The normalized spacial score (nSPS) is 22.6. The summed E-state index contributed by atoms with van der Waals surface area (Å²) in [5.74, 6) is 1.08. The number of methoxy groups -OCH3 is 1. The summed E-state index contributed by atoms with van der Waals surface area (Å²) in [5, 5.41) is 18.8. The second kappa shape index (κ2) is 10.7. The van der Waals surface area contributed by atoms with Gasteiger partial charge in [-0.05, 0) is 37.8 Å². The summed E-state index contributed by atoms with van der Waals surface area (Å²) in [6, 6.07) is 4.80. The lowest BCUT2D eigenvalue weighted by atomic mass is 9.83. The first-order valence-electron chi connectivity index (χ1n) is 12.8. The number of nitrogens with one attached hydrogen (secondary N) is 1. The van der Waals surface area contributed by atoms with Crippen LogP contribution in [0.25, 0.3) is 22.3 Å². The Bertz CT molecular complexity index is 1250. The van der Waals surface area contributed by atoms with Gasteiger partial charge in [-0.2, -0.15) is 10.4 Å². The summed E-state index contributed by atoms with van der Waals surface area (Å²) < 4.78 is 15.7. The van der Waals surface area contributed by atoms with Gasteiger partial charge in [-0.3, -0.25) is 9.58 Å². The van der Waals surface area contributed by atoms with Gasteiger partial charge >= 0.3 is 0 Å². The van der Waals surface area contributed by atoms with Crippen molar-refractivity contribution in [2.45, 2.75) is 37.3 Å². The van der Waals surface area contributed by atoms with Gasteiger partial charge in [-0.25, -0.2) is 20.0 Å². The van der Waals surface area contributed by atoms with Gasteiger partial charge in [0.2, 0.25) is 0 Å². The molecule has 0 bridgehead atoms. The Kier molecular flexibility index (Phi) is 7.56. The van der Waals surface area contributed by atoms with Crippen LogP contribution in [0.4, 0.5) is 0 Å². The molecule has 0 spiro atoms. The molecule has 5 rings (SSSR count). The van der Waals surface area contributed by atoms with Crippen molar-refractivity contribution in [1.82, 2.24) is 34.5 Å². The molecule has 200 valence electrons. The molecule has 37 heavy (non-hydrogen) atoms. The smallest absolute Gasteiger partial charge is 0.145 e. The van der Waals surface area contributed by atoms with Crippen molar-refractivity contribution in [3.63, 3.8) is 0 Å². The van der Waals surface area contributed by atoms with Crippen LogP contribution in [0.1, 0.15) is 12.8 Å². The standard InChI is InChI=1S/C26H38N8O2S/c1-35-23-14-28-9-5-22(23)33-16-26(17-33,7-8-27)34-15-20(13-31-34)24-21-6-10-32(25(21)30-18-29-24)19-36-11-12-37(2,3)4/h6,10,13,15,18,22-23,28H,5,7,9,11-12,14,16-17,19H2,1-4H3/t22-,23+/m1/s1. The molecule has 2 aliphatic rings. The lowest BCUT2D eigenvalue weighted by Gasteiger charge is -2.54. The number of nitriles is 1. The summed E-state index contributed by atoms with van der Waals surface area (Å²) in [6.07, 6.45) is 16.0. The molecule has 0 saturated carbocycles. The van der Waals surface area contributed by atoms with E-state index < -0.39 is 10.0 Å². The van der Waals surface area contributed by atoms with Crippen LogP contribution in [0, 0.1) is 11.3 Å². The maximum absolute atomic E-state index is 9.65. The molecule has 2 fully saturated rings. The van der Waals surface area contributed by atoms with Crippen molar-refractivity contribution < 1.29 is 9.47 Å². The van der Waals surface area contributed by atoms with Crippen molar-refractivity contribution in [3.8, 4) is 17.3 Å². The Hall–Kier alpha value is -2.49. The van der Waals surface area contributed by atoms with E-state index in [2.05, 4.69) is 45.0 Å². The molecule has 0 aromatic carbocycles. The Balaban J connectivity index is 1.32. The van der Waals surface area contributed by atoms with Crippen molar-refractivity contribution in [2.24, 2.45) is 0 Å². The molecule has 1 N–H and O–H groups in total. The molecule has 2 saturated heterocycles. The molecule has 0 radical (unpaired) electrons. The molecule has 3 aromatic rings. The fourth-order valence-corrected chi connectivity index (χ4v) is 6.04. The summed E-state index contributed by atoms with van der Waals surface area (Å²) in [6.45, 7) is 4.63. The van der Waals surface area contributed by atoms with Crippen molar-refractivity contribution in [2.75, 3.05) is 64.4 Å². The van der Waals surface area contributed by atoms with E-state index in [1.165, 1.54) is 0 Å². The minimum absolute atomic E-state index is 0.166. The van der Waals surface area contributed by atoms with E-state index >= 15 is 0 Å². The highest BCUT2D eigenvalue weighted by Crippen LogP contribution is 2.37. The molecule has 0 aliphatic carbocycles. The average molecular weight is 527 g/mol. The number of likely N-dealkylation sites (tertiary alicyclic amines) is 1. The highest BCUT2D eigenvalue weighted by molar-refractivity contribution is 8.32. The zero-order valence-electron chi connectivity index (χ0n) is 22.3. The quantitative estimate of drug-likeness (QED) is 0.401. The van der Waals surface area contributed by atoms with Gasteiger partial charge in [0.05, 0.1) is 37.1 Å². The monoisotopic (exact) mass is 526 g/mol. The van der Waals surface area contributed by atoms with E-state index in [9.17, 15) is 5.26 Å². The number of ether oxygens (including phenoxy) is 2. The molecule has 2 aliphatic heterocycles. The SMILES string of the molecule is CO[C@H]1CNCC[C@H]1N1CC(CC#N)(n2cc(-c3ncnc4c3ccn4COCCS(C)(C)C)cn2)C1. The van der Waals surface area contributed by atoms with Crippen LogP contribution in [0.3, 0.4) is 0 Å². The number of piperidine rings is 1. The summed E-state index contributed by atoms with van der Waals surface area (Å²) in [4.78, 5) is 11.6. The van der Waals surface area contributed by atoms with Gasteiger partial charge < -0.3 is 19.4 Å². The van der Waals surface area contributed by atoms with Crippen LogP contribution < -0.4 is 5.32 Å². The van der Waals surface area contributed by atoms with Crippen LogP contribution in [-0.2, 0) is 21.7 Å². The number of rotatable bonds is 10. The highest BCUT2D eigenvalue weighted by Gasteiger charge is 2.49. The highest BCUT2D eigenvalue weighted by atomic mass is 32.3. The summed E-state index contributed by atoms with van der Waals surface area (Å²) >= 11 is 0. The zero-order valence-corrected chi connectivity index (χ0v) is 23.1. The van der Waals surface area contributed by atoms with Crippen LogP contribution in [-0.4, -0.2) is 106 Å². The van der Waals surface area contributed by atoms with E-state index in [4.69, 9.17) is 14.6 Å². The third-order valence-corrected chi connectivity index (χ3v) is 8.93. The second-order valence-corrected chi connectivity index (χ2v) is 15.6. The van der Waals surface area contributed by atoms with Gasteiger partial charge in [-0.15, -0.1) is 0 Å². The van der Waals surface area contributed by atoms with Crippen molar-refractivity contribution in [1.29, 1.82) is 5.26 Å². The van der Waals surface area contributed by atoms with Gasteiger partial charge in [0.25, 0.3) is 0 Å². The van der Waals surface area contributed by atoms with Crippen LogP contribution in [0.2, 0.25) is 0 Å².